The summed E-state index contributed by atoms with van der Waals surface area (Å²) in [4.78, 5) is 10.3. The lowest BCUT2D eigenvalue weighted by atomic mass is 10.0. The molecule has 1 rings (SSSR count). The van der Waals surface area contributed by atoms with E-state index in [0.717, 1.165) is 6.07 Å². The number of rotatable bonds is 4. The number of aliphatic carboxylic acids is 1. The SMILES string of the molecule is Cc1c(F)cc(F)cc1CCCC(=O)O. The van der Waals surface area contributed by atoms with E-state index in [4.69, 9.17) is 5.11 Å². The number of carbonyl (C=O) groups is 1. The number of carboxylic acid groups (broad SMARTS) is 1. The van der Waals surface area contributed by atoms with Crippen LogP contribution in [0.15, 0.2) is 12.1 Å². The number of hydrogen-bond donors (Lipinski definition) is 1. The molecule has 0 heterocycles. The fourth-order valence-corrected chi connectivity index (χ4v) is 1.39. The zero-order chi connectivity index (χ0) is 11.4. The van der Waals surface area contributed by atoms with Gasteiger partial charge in [-0.3, -0.25) is 4.79 Å². The van der Waals surface area contributed by atoms with Crippen LogP contribution in [0.25, 0.3) is 0 Å². The molecule has 0 bridgehead atoms. The third-order valence-electron chi connectivity index (χ3n) is 2.25. The standard InChI is InChI=1S/C11H12F2O2/c1-7-8(3-2-4-11(14)15)5-9(12)6-10(7)13/h5-6H,2-4H2,1H3,(H,14,15). The molecule has 2 nitrogen and oxygen atoms in total. The Morgan fingerprint density at radius 1 is 1.40 bits per heavy atom. The predicted octanol–water partition coefficient (Wildman–Crippen LogP) is 2.68. The van der Waals surface area contributed by atoms with Crippen LogP contribution in [-0.4, -0.2) is 11.1 Å². The van der Waals surface area contributed by atoms with Gasteiger partial charge in [0.2, 0.25) is 0 Å². The van der Waals surface area contributed by atoms with Crippen LogP contribution in [-0.2, 0) is 11.2 Å². The van der Waals surface area contributed by atoms with Crippen molar-refractivity contribution in [2.75, 3.05) is 0 Å². The summed E-state index contributed by atoms with van der Waals surface area (Å²) in [5, 5.41) is 8.42. The Balaban J connectivity index is 2.72. The molecule has 0 unspecified atom stereocenters. The van der Waals surface area contributed by atoms with E-state index < -0.39 is 17.6 Å². The van der Waals surface area contributed by atoms with Gasteiger partial charge in [-0.25, -0.2) is 8.78 Å². The molecule has 0 atom stereocenters. The van der Waals surface area contributed by atoms with E-state index in [2.05, 4.69) is 0 Å². The second kappa shape index (κ2) is 4.87. The Bertz CT molecular complexity index is 375. The molecule has 4 heteroatoms. The van der Waals surface area contributed by atoms with E-state index in [1.54, 1.807) is 6.92 Å². The Labute approximate surface area is 86.5 Å². The van der Waals surface area contributed by atoms with Crippen LogP contribution in [0.5, 0.6) is 0 Å². The maximum Gasteiger partial charge on any atom is 0.303 e. The highest BCUT2D eigenvalue weighted by Crippen LogP contribution is 2.17. The van der Waals surface area contributed by atoms with Gasteiger partial charge >= 0.3 is 5.97 Å². The molecule has 15 heavy (non-hydrogen) atoms. The molecule has 0 aliphatic carbocycles. The Hall–Kier alpha value is -1.45. The van der Waals surface area contributed by atoms with Gasteiger partial charge in [0.25, 0.3) is 0 Å². The van der Waals surface area contributed by atoms with Crippen molar-refractivity contribution in [2.24, 2.45) is 0 Å². The lowest BCUT2D eigenvalue weighted by Crippen LogP contribution is -1.99. The van der Waals surface area contributed by atoms with Crippen LogP contribution in [0.3, 0.4) is 0 Å². The van der Waals surface area contributed by atoms with Crippen molar-refractivity contribution in [2.45, 2.75) is 26.2 Å². The summed E-state index contributed by atoms with van der Waals surface area (Å²) in [5.74, 6) is -2.10. The van der Waals surface area contributed by atoms with Gasteiger partial charge < -0.3 is 5.11 Å². The number of carboxylic acids is 1. The molecule has 0 aliphatic heterocycles. The molecule has 0 aliphatic rings. The number of halogens is 2. The molecule has 1 N–H and O–H groups in total. The van der Waals surface area contributed by atoms with Gasteiger partial charge in [-0.05, 0) is 37.0 Å². The van der Waals surface area contributed by atoms with Crippen LogP contribution < -0.4 is 0 Å². The largest absolute Gasteiger partial charge is 0.481 e. The van der Waals surface area contributed by atoms with Crippen molar-refractivity contribution >= 4 is 5.97 Å². The average Bonchev–Trinajstić information content (AvgIpc) is 2.12. The third kappa shape index (κ3) is 3.31. The first kappa shape index (κ1) is 11.6. The molecule has 1 aromatic rings. The number of aryl methyl sites for hydroxylation is 1. The summed E-state index contributed by atoms with van der Waals surface area (Å²) in [5.41, 5.74) is 0.926. The fraction of sp³-hybridized carbons (Fsp3) is 0.364. The smallest absolute Gasteiger partial charge is 0.303 e. The molecule has 0 amide bonds. The van der Waals surface area contributed by atoms with Gasteiger partial charge in [-0.1, -0.05) is 0 Å². The highest BCUT2D eigenvalue weighted by molar-refractivity contribution is 5.66. The molecule has 0 radical (unpaired) electrons. The van der Waals surface area contributed by atoms with Crippen molar-refractivity contribution in [3.05, 3.63) is 34.9 Å². The van der Waals surface area contributed by atoms with E-state index in [1.807, 2.05) is 0 Å². The molecular formula is C11H12F2O2. The van der Waals surface area contributed by atoms with E-state index >= 15 is 0 Å². The second-order valence-corrected chi connectivity index (χ2v) is 3.42. The molecule has 0 saturated heterocycles. The zero-order valence-corrected chi connectivity index (χ0v) is 8.39. The monoisotopic (exact) mass is 214 g/mol. The molecule has 82 valence electrons. The number of benzene rings is 1. The Morgan fingerprint density at radius 2 is 2.07 bits per heavy atom. The van der Waals surface area contributed by atoms with Gasteiger partial charge in [0.05, 0.1) is 0 Å². The van der Waals surface area contributed by atoms with Gasteiger partial charge in [0, 0.05) is 12.5 Å². The van der Waals surface area contributed by atoms with Crippen LogP contribution in [0.2, 0.25) is 0 Å². The number of hydrogen-bond acceptors (Lipinski definition) is 1. The summed E-state index contributed by atoms with van der Waals surface area (Å²) >= 11 is 0. The van der Waals surface area contributed by atoms with Crippen LogP contribution in [0.1, 0.15) is 24.0 Å². The minimum Gasteiger partial charge on any atom is -0.481 e. The second-order valence-electron chi connectivity index (χ2n) is 3.42. The zero-order valence-electron chi connectivity index (χ0n) is 8.39. The van der Waals surface area contributed by atoms with E-state index in [9.17, 15) is 13.6 Å². The average molecular weight is 214 g/mol. The van der Waals surface area contributed by atoms with E-state index in [0.29, 0.717) is 24.0 Å². The highest BCUT2D eigenvalue weighted by Gasteiger charge is 2.07. The van der Waals surface area contributed by atoms with Crippen molar-refractivity contribution in [1.29, 1.82) is 0 Å². The fourth-order valence-electron chi connectivity index (χ4n) is 1.39. The summed E-state index contributed by atoms with van der Waals surface area (Å²) in [7, 11) is 0. The summed E-state index contributed by atoms with van der Waals surface area (Å²) in [6.07, 6.45) is 0.781. The van der Waals surface area contributed by atoms with Crippen LogP contribution in [0.4, 0.5) is 8.78 Å². The maximum atomic E-state index is 13.1. The Kier molecular flexibility index (Phi) is 3.77. The molecule has 0 spiro atoms. The van der Waals surface area contributed by atoms with E-state index in [-0.39, 0.29) is 6.42 Å². The normalized spacial score (nSPS) is 10.3. The summed E-state index contributed by atoms with van der Waals surface area (Å²) in [6, 6.07) is 2.08. The lowest BCUT2D eigenvalue weighted by molar-refractivity contribution is -0.137. The van der Waals surface area contributed by atoms with Crippen molar-refractivity contribution in [3.63, 3.8) is 0 Å². The van der Waals surface area contributed by atoms with Gasteiger partial charge in [-0.2, -0.15) is 0 Å². The predicted molar refractivity (Wildman–Crippen MR) is 51.7 cm³/mol. The third-order valence-corrected chi connectivity index (χ3v) is 2.25. The topological polar surface area (TPSA) is 37.3 Å². The van der Waals surface area contributed by atoms with Gasteiger partial charge in [0.1, 0.15) is 11.6 Å². The van der Waals surface area contributed by atoms with Gasteiger partial charge in [-0.15, -0.1) is 0 Å². The molecule has 0 aromatic heterocycles. The van der Waals surface area contributed by atoms with Gasteiger partial charge in [0.15, 0.2) is 0 Å². The summed E-state index contributed by atoms with van der Waals surface area (Å²) in [6.45, 7) is 1.56. The summed E-state index contributed by atoms with van der Waals surface area (Å²) < 4.78 is 25.9. The minimum atomic E-state index is -0.899. The van der Waals surface area contributed by atoms with Crippen molar-refractivity contribution in [3.8, 4) is 0 Å². The van der Waals surface area contributed by atoms with Crippen molar-refractivity contribution in [1.82, 2.24) is 0 Å². The molecule has 1 aromatic carbocycles. The first-order valence-electron chi connectivity index (χ1n) is 4.67. The quantitative estimate of drug-likeness (QED) is 0.836. The lowest BCUT2D eigenvalue weighted by Gasteiger charge is -2.06. The minimum absolute atomic E-state index is 0.0115. The van der Waals surface area contributed by atoms with Crippen LogP contribution >= 0.6 is 0 Å². The molecule has 0 saturated carbocycles. The molecule has 0 fully saturated rings. The van der Waals surface area contributed by atoms with E-state index in [1.165, 1.54) is 6.07 Å². The maximum absolute atomic E-state index is 13.1. The molecular weight excluding hydrogens is 202 g/mol. The van der Waals surface area contributed by atoms with Crippen LogP contribution in [0, 0.1) is 18.6 Å². The Morgan fingerprint density at radius 3 is 2.67 bits per heavy atom. The first-order chi connectivity index (χ1) is 7.00. The first-order valence-corrected chi connectivity index (χ1v) is 4.67. The van der Waals surface area contributed by atoms with Crippen molar-refractivity contribution < 1.29 is 18.7 Å². The highest BCUT2D eigenvalue weighted by atomic mass is 19.1.